The SMILES string of the molecule is O=C(NCc1ccc(-c2ccncc2)cc1)N1CCN(Cc2ccc(Cl)cn2)CC1. The number of nitrogens with zero attached hydrogens (tertiary/aromatic N) is 4. The predicted molar refractivity (Wildman–Crippen MR) is 118 cm³/mol. The Kier molecular flexibility index (Phi) is 6.57. The van der Waals surface area contributed by atoms with Gasteiger partial charge in [0.2, 0.25) is 0 Å². The maximum absolute atomic E-state index is 12.5. The zero-order valence-corrected chi connectivity index (χ0v) is 17.4. The molecule has 1 fully saturated rings. The molecule has 30 heavy (non-hydrogen) atoms. The zero-order chi connectivity index (χ0) is 20.8. The number of halogens is 1. The van der Waals surface area contributed by atoms with Gasteiger partial charge in [0.05, 0.1) is 10.7 Å². The molecular weight excluding hydrogens is 398 g/mol. The lowest BCUT2D eigenvalue weighted by Gasteiger charge is -2.34. The highest BCUT2D eigenvalue weighted by atomic mass is 35.5. The Morgan fingerprint density at radius 1 is 0.933 bits per heavy atom. The van der Waals surface area contributed by atoms with Gasteiger partial charge in [-0.05, 0) is 41.0 Å². The Labute approximate surface area is 181 Å². The molecule has 0 saturated carbocycles. The number of carbonyl (C=O) groups is 1. The Balaban J connectivity index is 1.22. The van der Waals surface area contributed by atoms with Crippen LogP contribution in [0.15, 0.2) is 67.1 Å². The highest BCUT2D eigenvalue weighted by Crippen LogP contribution is 2.18. The third-order valence-corrected chi connectivity index (χ3v) is 5.47. The van der Waals surface area contributed by atoms with E-state index in [9.17, 15) is 4.79 Å². The standard InChI is InChI=1S/C23H24ClN5O/c24-21-5-6-22(26-16-21)17-28-11-13-29(14-12-28)23(30)27-15-18-1-3-19(4-2-18)20-7-9-25-10-8-20/h1-10,16H,11-15,17H2,(H,27,30). The monoisotopic (exact) mass is 421 g/mol. The Hall–Kier alpha value is -2.96. The number of carbonyl (C=O) groups excluding carboxylic acids is 1. The summed E-state index contributed by atoms with van der Waals surface area (Å²) in [4.78, 5) is 25.1. The van der Waals surface area contributed by atoms with E-state index in [2.05, 4.69) is 32.3 Å². The Bertz CT molecular complexity index is 955. The summed E-state index contributed by atoms with van der Waals surface area (Å²) in [7, 11) is 0. The molecule has 1 saturated heterocycles. The first-order valence-electron chi connectivity index (χ1n) is 10.0. The fraction of sp³-hybridized carbons (Fsp3) is 0.261. The minimum atomic E-state index is -0.0162. The number of hydrogen-bond donors (Lipinski definition) is 1. The van der Waals surface area contributed by atoms with Gasteiger partial charge in [0, 0.05) is 57.9 Å². The number of nitrogens with one attached hydrogen (secondary N) is 1. The number of urea groups is 1. The third-order valence-electron chi connectivity index (χ3n) is 5.25. The van der Waals surface area contributed by atoms with Crippen molar-refractivity contribution < 1.29 is 4.79 Å². The summed E-state index contributed by atoms with van der Waals surface area (Å²) in [5.41, 5.74) is 4.34. The van der Waals surface area contributed by atoms with Crippen LogP contribution in [0.4, 0.5) is 4.79 Å². The number of aromatic nitrogens is 2. The lowest BCUT2D eigenvalue weighted by molar-refractivity contribution is 0.134. The summed E-state index contributed by atoms with van der Waals surface area (Å²) in [5.74, 6) is 0. The van der Waals surface area contributed by atoms with Crippen molar-refractivity contribution in [2.45, 2.75) is 13.1 Å². The second-order valence-corrected chi connectivity index (χ2v) is 7.76. The van der Waals surface area contributed by atoms with Crippen LogP contribution in [-0.4, -0.2) is 52.0 Å². The van der Waals surface area contributed by atoms with Crippen LogP contribution < -0.4 is 5.32 Å². The van der Waals surface area contributed by atoms with Gasteiger partial charge in [-0.25, -0.2) is 4.79 Å². The van der Waals surface area contributed by atoms with Gasteiger partial charge in [-0.3, -0.25) is 14.9 Å². The van der Waals surface area contributed by atoms with Crippen LogP contribution in [0.3, 0.4) is 0 Å². The van der Waals surface area contributed by atoms with Crippen LogP contribution in [0.2, 0.25) is 5.02 Å². The molecule has 6 nitrogen and oxygen atoms in total. The van der Waals surface area contributed by atoms with Crippen LogP contribution >= 0.6 is 11.6 Å². The average molecular weight is 422 g/mol. The first-order chi connectivity index (χ1) is 14.7. The maximum atomic E-state index is 12.5. The van der Waals surface area contributed by atoms with E-state index < -0.39 is 0 Å². The van der Waals surface area contributed by atoms with E-state index in [0.717, 1.165) is 42.0 Å². The Morgan fingerprint density at radius 2 is 1.63 bits per heavy atom. The molecule has 7 heteroatoms. The molecule has 1 N–H and O–H groups in total. The molecule has 3 heterocycles. The minimum absolute atomic E-state index is 0.0162. The smallest absolute Gasteiger partial charge is 0.317 e. The lowest BCUT2D eigenvalue weighted by atomic mass is 10.1. The van der Waals surface area contributed by atoms with Gasteiger partial charge >= 0.3 is 6.03 Å². The molecule has 2 aromatic heterocycles. The van der Waals surface area contributed by atoms with Gasteiger partial charge in [0.1, 0.15) is 0 Å². The van der Waals surface area contributed by atoms with Crippen molar-refractivity contribution >= 4 is 17.6 Å². The van der Waals surface area contributed by atoms with Crippen LogP contribution in [0.25, 0.3) is 11.1 Å². The highest BCUT2D eigenvalue weighted by Gasteiger charge is 2.21. The summed E-state index contributed by atoms with van der Waals surface area (Å²) in [6.07, 6.45) is 5.24. The number of pyridine rings is 2. The Morgan fingerprint density at radius 3 is 2.30 bits per heavy atom. The molecular formula is C23H24ClN5O. The van der Waals surface area contributed by atoms with Gasteiger partial charge in [-0.15, -0.1) is 0 Å². The van der Waals surface area contributed by atoms with Crippen LogP contribution in [0.1, 0.15) is 11.3 Å². The van der Waals surface area contributed by atoms with Crippen LogP contribution in [-0.2, 0) is 13.1 Å². The van der Waals surface area contributed by atoms with Crippen molar-refractivity contribution in [2.24, 2.45) is 0 Å². The molecule has 154 valence electrons. The second kappa shape index (κ2) is 9.69. The average Bonchev–Trinajstić information content (AvgIpc) is 2.80. The largest absolute Gasteiger partial charge is 0.334 e. The second-order valence-electron chi connectivity index (χ2n) is 7.32. The number of piperazine rings is 1. The lowest BCUT2D eigenvalue weighted by Crippen LogP contribution is -2.51. The van der Waals surface area contributed by atoms with Crippen molar-refractivity contribution in [2.75, 3.05) is 26.2 Å². The normalized spacial score (nSPS) is 14.5. The summed E-state index contributed by atoms with van der Waals surface area (Å²) in [6, 6.07) is 16.0. The highest BCUT2D eigenvalue weighted by molar-refractivity contribution is 6.30. The van der Waals surface area contributed by atoms with Gasteiger partial charge in [-0.1, -0.05) is 35.9 Å². The predicted octanol–water partition coefficient (Wildman–Crippen LogP) is 3.82. The van der Waals surface area contributed by atoms with Gasteiger partial charge < -0.3 is 10.2 Å². The quantitative estimate of drug-likeness (QED) is 0.680. The van der Waals surface area contributed by atoms with E-state index >= 15 is 0 Å². The fourth-order valence-electron chi connectivity index (χ4n) is 3.49. The molecule has 1 aliphatic heterocycles. The first kappa shape index (κ1) is 20.3. The van der Waals surface area contributed by atoms with Gasteiger partial charge in [0.15, 0.2) is 0 Å². The minimum Gasteiger partial charge on any atom is -0.334 e. The molecule has 1 aromatic carbocycles. The zero-order valence-electron chi connectivity index (χ0n) is 16.7. The summed E-state index contributed by atoms with van der Waals surface area (Å²) < 4.78 is 0. The van der Waals surface area contributed by atoms with Gasteiger partial charge in [-0.2, -0.15) is 0 Å². The van der Waals surface area contributed by atoms with Crippen LogP contribution in [0.5, 0.6) is 0 Å². The van der Waals surface area contributed by atoms with E-state index in [1.807, 2.05) is 41.3 Å². The summed E-state index contributed by atoms with van der Waals surface area (Å²) in [5, 5.41) is 3.68. The summed E-state index contributed by atoms with van der Waals surface area (Å²) >= 11 is 5.89. The van der Waals surface area contributed by atoms with E-state index in [0.29, 0.717) is 24.7 Å². The molecule has 1 aliphatic rings. The molecule has 3 aromatic rings. The molecule has 0 unspecified atom stereocenters. The molecule has 4 rings (SSSR count). The molecule has 0 spiro atoms. The molecule has 0 bridgehead atoms. The number of rotatable bonds is 5. The molecule has 0 atom stereocenters. The van der Waals surface area contributed by atoms with Crippen molar-refractivity contribution in [3.05, 3.63) is 83.4 Å². The number of amides is 2. The fourth-order valence-corrected chi connectivity index (χ4v) is 3.60. The van der Waals surface area contributed by atoms with E-state index in [4.69, 9.17) is 11.6 Å². The molecule has 2 amide bonds. The number of hydrogen-bond acceptors (Lipinski definition) is 4. The van der Waals surface area contributed by atoms with Crippen molar-refractivity contribution in [1.82, 2.24) is 25.1 Å². The third kappa shape index (κ3) is 5.34. The van der Waals surface area contributed by atoms with Crippen molar-refractivity contribution in [3.63, 3.8) is 0 Å². The first-order valence-corrected chi connectivity index (χ1v) is 10.4. The van der Waals surface area contributed by atoms with E-state index in [1.165, 1.54) is 0 Å². The maximum Gasteiger partial charge on any atom is 0.317 e. The van der Waals surface area contributed by atoms with E-state index in [-0.39, 0.29) is 6.03 Å². The van der Waals surface area contributed by atoms with Crippen molar-refractivity contribution in [3.8, 4) is 11.1 Å². The number of benzene rings is 1. The van der Waals surface area contributed by atoms with Crippen molar-refractivity contribution in [1.29, 1.82) is 0 Å². The van der Waals surface area contributed by atoms with E-state index in [1.54, 1.807) is 18.6 Å². The summed E-state index contributed by atoms with van der Waals surface area (Å²) in [6.45, 7) is 4.37. The molecule has 0 radical (unpaired) electrons. The topological polar surface area (TPSA) is 61.4 Å². The van der Waals surface area contributed by atoms with Gasteiger partial charge in [0.25, 0.3) is 0 Å². The molecule has 0 aliphatic carbocycles. The van der Waals surface area contributed by atoms with Crippen LogP contribution in [0, 0.1) is 0 Å².